The van der Waals surface area contributed by atoms with Crippen LogP contribution in [0.1, 0.15) is 87.4 Å². The number of aliphatic imine (C=N–C) groups is 1. The molecule has 3 aromatic carbocycles. The van der Waals surface area contributed by atoms with Crippen molar-refractivity contribution in [2.45, 2.75) is 83.6 Å². The van der Waals surface area contributed by atoms with Crippen LogP contribution in [0, 0.1) is 11.8 Å². The summed E-state index contributed by atoms with van der Waals surface area (Å²) in [4.78, 5) is 73.4. The molecule has 3 heterocycles. The summed E-state index contributed by atoms with van der Waals surface area (Å²) >= 11 is 0. The zero-order chi connectivity index (χ0) is 43.5. The average Bonchev–Trinajstić information content (AvgIpc) is 3.78. The van der Waals surface area contributed by atoms with Crippen molar-refractivity contribution in [2.75, 3.05) is 39.2 Å². The minimum Gasteiger partial charge on any atom is -0.497 e. The number of nitrogens with one attached hydrogen (secondary N) is 2. The van der Waals surface area contributed by atoms with E-state index in [4.69, 9.17) is 35.2 Å². The van der Waals surface area contributed by atoms with Crippen LogP contribution in [0.25, 0.3) is 0 Å². The van der Waals surface area contributed by atoms with Crippen LogP contribution >= 0.6 is 0 Å². The molecule has 0 saturated carbocycles. The summed E-state index contributed by atoms with van der Waals surface area (Å²) in [5, 5.41) is 5.85. The second-order valence-electron chi connectivity index (χ2n) is 16.5. The monoisotopic (exact) mass is 826 g/mol. The maximum atomic E-state index is 14.3. The number of rotatable bonds is 15. The Morgan fingerprint density at radius 2 is 1.62 bits per heavy atom. The summed E-state index contributed by atoms with van der Waals surface area (Å²) in [6.07, 6.45) is 2.03. The van der Waals surface area contributed by atoms with Crippen molar-refractivity contribution in [1.82, 2.24) is 10.2 Å². The van der Waals surface area contributed by atoms with Crippen molar-refractivity contribution < 1.29 is 47.7 Å². The lowest BCUT2D eigenvalue weighted by Gasteiger charge is -2.37. The number of nitrogens with two attached hydrogens (primary N) is 2. The molecule has 3 aromatic rings. The van der Waals surface area contributed by atoms with E-state index in [0.29, 0.717) is 89.7 Å². The first kappa shape index (κ1) is 43.4. The molecule has 6 N–H and O–H groups in total. The number of ether oxygens (including phenoxy) is 5. The normalized spacial score (nSPS) is 18.9. The molecule has 1 fully saturated rings. The molecular formula is C44H54N6O10. The van der Waals surface area contributed by atoms with Crippen molar-refractivity contribution in [2.24, 2.45) is 28.3 Å². The van der Waals surface area contributed by atoms with Gasteiger partial charge in [-0.05, 0) is 101 Å². The molecule has 2 amide bonds. The molecule has 1 saturated heterocycles. The third-order valence-electron chi connectivity index (χ3n) is 10.8. The highest BCUT2D eigenvalue weighted by Crippen LogP contribution is 2.57. The Kier molecular flexibility index (Phi) is 12.7. The number of fused-ring (bicyclic) bond motifs is 6. The molecule has 0 bridgehead atoms. The third kappa shape index (κ3) is 9.03. The molecule has 60 heavy (non-hydrogen) atoms. The molecule has 1 spiro atoms. The highest BCUT2D eigenvalue weighted by atomic mass is 16.6. The summed E-state index contributed by atoms with van der Waals surface area (Å²) in [6, 6.07) is 13.9. The van der Waals surface area contributed by atoms with Gasteiger partial charge >= 0.3 is 11.9 Å². The zero-order valence-corrected chi connectivity index (χ0v) is 35.1. The fourth-order valence-electron chi connectivity index (χ4n) is 7.97. The number of hydrogen-bond acceptors (Lipinski definition) is 12. The van der Waals surface area contributed by atoms with Gasteiger partial charge in [0.25, 0.3) is 5.78 Å². The van der Waals surface area contributed by atoms with Crippen LogP contribution in [0.5, 0.6) is 23.0 Å². The van der Waals surface area contributed by atoms with Crippen LogP contribution in [-0.4, -0.2) is 91.9 Å². The summed E-state index contributed by atoms with van der Waals surface area (Å²) < 4.78 is 29.1. The van der Waals surface area contributed by atoms with Crippen molar-refractivity contribution in [3.05, 3.63) is 76.9 Å². The highest BCUT2D eigenvalue weighted by molar-refractivity contribution is 6.36. The first-order valence-electron chi connectivity index (χ1n) is 20.1. The number of ketones is 1. The summed E-state index contributed by atoms with van der Waals surface area (Å²) in [6.45, 7) is 9.52. The lowest BCUT2D eigenvalue weighted by molar-refractivity contribution is -0.164. The number of carbonyl (C=O) groups excluding carboxylic acids is 5. The Morgan fingerprint density at radius 3 is 2.28 bits per heavy atom. The molecule has 6 rings (SSSR count). The number of methoxy groups -OCH3 is 2. The lowest BCUT2D eigenvalue weighted by atomic mass is 9.77. The molecule has 320 valence electrons. The van der Waals surface area contributed by atoms with Crippen LogP contribution in [-0.2, 0) is 34.3 Å². The Balaban J connectivity index is 1.26. The minimum atomic E-state index is -1.38. The predicted octanol–water partition coefficient (Wildman–Crippen LogP) is 4.40. The van der Waals surface area contributed by atoms with Gasteiger partial charge in [-0.25, -0.2) is 9.59 Å². The quantitative estimate of drug-likeness (QED) is 0.0549. The smallest absolute Gasteiger partial charge is 0.377 e. The van der Waals surface area contributed by atoms with Gasteiger partial charge in [-0.1, -0.05) is 13.8 Å². The van der Waals surface area contributed by atoms with Gasteiger partial charge in [0.05, 0.1) is 31.7 Å². The SMILES string of the molecule is COc1ccc2c(c1)Oc1cc(NC(=O)C(CCCN=C(N)N)CN3CCC[C@H]3C(=O)N[C@H](C(=O)C(=O)OC(C)(C)C)C(C)C)ccc1C21OC(=O)c2ccc(OC)cc21. The molecule has 3 aliphatic heterocycles. The van der Waals surface area contributed by atoms with Crippen molar-refractivity contribution >= 4 is 41.2 Å². The van der Waals surface area contributed by atoms with Gasteiger partial charge in [0, 0.05) is 47.6 Å². The fourth-order valence-corrected chi connectivity index (χ4v) is 7.97. The molecule has 2 unspecified atom stereocenters. The Hall–Kier alpha value is -6.16. The number of Topliss-reactive ketones (excluding diaryl/α,β-unsaturated/α-hetero) is 1. The van der Waals surface area contributed by atoms with E-state index < -0.39 is 52.8 Å². The zero-order valence-electron chi connectivity index (χ0n) is 35.1. The van der Waals surface area contributed by atoms with E-state index in [9.17, 15) is 24.0 Å². The number of carbonyl (C=O) groups is 5. The fraction of sp³-hybridized carbons (Fsp3) is 0.455. The van der Waals surface area contributed by atoms with Gasteiger partial charge in [0.15, 0.2) is 11.6 Å². The molecule has 0 radical (unpaired) electrons. The van der Waals surface area contributed by atoms with Gasteiger partial charge < -0.3 is 45.8 Å². The standard InChI is InChI=1S/C44H54N6O10/c1-24(2)36(37(51)41(55)59-43(3,4)5)49-39(53)33-11-9-19-50(33)23-25(10-8-18-47-42(45)46)38(52)48-26-12-16-30-34(20-26)58-35-22-28(57-7)14-17-31(35)44(30)32-21-27(56-6)13-15-29(32)40(54)60-44/h12-17,20-22,24-25,33,36H,8-11,18-19,23H2,1-7H3,(H,48,52)(H,49,53)(H4,45,46,47)/t25?,33-,36-,44?/m0/s1. The Labute approximate surface area is 349 Å². The average molecular weight is 827 g/mol. The van der Waals surface area contributed by atoms with E-state index >= 15 is 0 Å². The van der Waals surface area contributed by atoms with Gasteiger partial charge in [0.1, 0.15) is 34.6 Å². The van der Waals surface area contributed by atoms with Crippen molar-refractivity contribution in [3.63, 3.8) is 0 Å². The van der Waals surface area contributed by atoms with Crippen molar-refractivity contribution in [1.29, 1.82) is 0 Å². The van der Waals surface area contributed by atoms with E-state index in [1.165, 1.54) is 7.11 Å². The van der Waals surface area contributed by atoms with Gasteiger partial charge in [-0.2, -0.15) is 0 Å². The molecular weight excluding hydrogens is 773 g/mol. The summed E-state index contributed by atoms with van der Waals surface area (Å²) in [5.41, 5.74) is 11.4. The van der Waals surface area contributed by atoms with Gasteiger partial charge in [-0.15, -0.1) is 0 Å². The number of guanidine groups is 1. The third-order valence-corrected chi connectivity index (χ3v) is 10.8. The molecule has 16 nitrogen and oxygen atoms in total. The van der Waals surface area contributed by atoms with Crippen LogP contribution in [0.15, 0.2) is 59.6 Å². The largest absolute Gasteiger partial charge is 0.497 e. The second kappa shape index (κ2) is 17.6. The predicted molar refractivity (Wildman–Crippen MR) is 222 cm³/mol. The summed E-state index contributed by atoms with van der Waals surface area (Å²) in [7, 11) is 3.09. The maximum Gasteiger partial charge on any atom is 0.377 e. The van der Waals surface area contributed by atoms with Crippen molar-refractivity contribution in [3.8, 4) is 23.0 Å². The van der Waals surface area contributed by atoms with Crippen LogP contribution < -0.4 is 36.3 Å². The van der Waals surface area contributed by atoms with Gasteiger partial charge in [0.2, 0.25) is 11.8 Å². The number of nitrogens with zero attached hydrogens (tertiary/aromatic N) is 2. The highest BCUT2D eigenvalue weighted by Gasteiger charge is 2.54. The molecule has 3 aliphatic rings. The first-order chi connectivity index (χ1) is 28.4. The number of anilines is 1. The van der Waals surface area contributed by atoms with Crippen LogP contribution in [0.3, 0.4) is 0 Å². The Bertz CT molecular complexity index is 2200. The Morgan fingerprint density at radius 1 is 0.950 bits per heavy atom. The van der Waals surface area contributed by atoms with Crippen LogP contribution in [0.2, 0.25) is 0 Å². The molecule has 0 aliphatic carbocycles. The van der Waals surface area contributed by atoms with Crippen LogP contribution in [0.4, 0.5) is 5.69 Å². The van der Waals surface area contributed by atoms with E-state index in [1.54, 1.807) is 96.3 Å². The number of amides is 2. The first-order valence-corrected chi connectivity index (χ1v) is 20.1. The second-order valence-corrected chi connectivity index (χ2v) is 16.5. The lowest BCUT2D eigenvalue weighted by Crippen LogP contribution is -2.54. The topological polar surface area (TPSA) is 223 Å². The van der Waals surface area contributed by atoms with E-state index in [0.717, 1.165) is 0 Å². The van der Waals surface area contributed by atoms with Gasteiger partial charge in [-0.3, -0.25) is 24.3 Å². The maximum absolute atomic E-state index is 14.3. The minimum absolute atomic E-state index is 0.0621. The van der Waals surface area contributed by atoms with E-state index in [2.05, 4.69) is 15.6 Å². The molecule has 0 aromatic heterocycles. The van der Waals surface area contributed by atoms with E-state index in [-0.39, 0.29) is 24.3 Å². The van der Waals surface area contributed by atoms with E-state index in [1.807, 2.05) is 4.90 Å². The molecule has 16 heteroatoms. The number of benzene rings is 3. The number of esters is 2. The molecule has 4 atom stereocenters. The summed E-state index contributed by atoms with van der Waals surface area (Å²) in [5.74, 6) is -2.34. The number of hydrogen-bond donors (Lipinski definition) is 4. The number of likely N-dealkylation sites (tertiary alicyclic amines) is 1.